The van der Waals surface area contributed by atoms with Gasteiger partial charge in [-0.15, -0.1) is 0 Å². The van der Waals surface area contributed by atoms with E-state index < -0.39 is 0 Å². The van der Waals surface area contributed by atoms with Gasteiger partial charge in [0.25, 0.3) is 0 Å². The Morgan fingerprint density at radius 1 is 0.947 bits per heavy atom. The number of para-hydroxylation sites is 1. The fourth-order valence-electron chi connectivity index (χ4n) is 1.98. The number of rotatable bonds is 3. The van der Waals surface area contributed by atoms with Crippen LogP contribution < -0.4 is 4.74 Å². The molecule has 0 amide bonds. The lowest BCUT2D eigenvalue weighted by Gasteiger charge is -2.23. The third-order valence-corrected chi connectivity index (χ3v) is 3.63. The highest BCUT2D eigenvalue weighted by Gasteiger charge is 2.20. The molecule has 0 N–H and O–H groups in total. The van der Waals surface area contributed by atoms with Crippen molar-refractivity contribution in [2.45, 2.75) is 32.8 Å². The van der Waals surface area contributed by atoms with E-state index in [4.69, 9.17) is 4.74 Å². The Morgan fingerprint density at radius 3 is 2.26 bits per heavy atom. The van der Waals surface area contributed by atoms with Crippen molar-refractivity contribution in [3.8, 4) is 5.75 Å². The van der Waals surface area contributed by atoms with Crippen molar-refractivity contribution in [1.82, 2.24) is 0 Å². The molecule has 0 aromatic heterocycles. The van der Waals surface area contributed by atoms with Crippen LogP contribution in [0.1, 0.15) is 31.9 Å². The smallest absolute Gasteiger partial charge is 0.137 e. The molecule has 0 bridgehead atoms. The zero-order valence-electron chi connectivity index (χ0n) is 11.6. The van der Waals surface area contributed by atoms with Gasteiger partial charge in [-0.2, -0.15) is 0 Å². The lowest BCUT2D eigenvalue weighted by atomic mass is 9.86. The van der Waals surface area contributed by atoms with Gasteiger partial charge >= 0.3 is 0 Å². The molecule has 0 fully saturated rings. The first-order valence-electron chi connectivity index (χ1n) is 6.44. The van der Waals surface area contributed by atoms with Crippen LogP contribution in [-0.2, 0) is 12.0 Å². The van der Waals surface area contributed by atoms with Crippen LogP contribution >= 0.6 is 15.9 Å². The molecule has 0 unspecified atom stereocenters. The van der Waals surface area contributed by atoms with Crippen molar-refractivity contribution < 1.29 is 4.74 Å². The lowest BCUT2D eigenvalue weighted by Crippen LogP contribution is -2.13. The molecule has 0 spiro atoms. The topological polar surface area (TPSA) is 9.23 Å². The minimum Gasteiger partial charge on any atom is -0.487 e. The third-order valence-electron chi connectivity index (χ3n) is 3.00. The van der Waals surface area contributed by atoms with E-state index in [0.717, 1.165) is 10.2 Å². The Morgan fingerprint density at radius 2 is 1.63 bits per heavy atom. The summed E-state index contributed by atoms with van der Waals surface area (Å²) in [5.74, 6) is 0.943. The molecule has 1 nitrogen and oxygen atoms in total. The maximum absolute atomic E-state index is 6.03. The molecular formula is C17H19BrO. The van der Waals surface area contributed by atoms with Gasteiger partial charge in [0.05, 0.1) is 4.47 Å². The van der Waals surface area contributed by atoms with Gasteiger partial charge in [-0.1, -0.05) is 63.2 Å². The fraction of sp³-hybridized carbons (Fsp3) is 0.294. The van der Waals surface area contributed by atoms with Gasteiger partial charge in [0.2, 0.25) is 0 Å². The Bertz CT molecular complexity index is 541. The molecular weight excluding hydrogens is 300 g/mol. The molecule has 0 aliphatic carbocycles. The van der Waals surface area contributed by atoms with E-state index in [-0.39, 0.29) is 5.41 Å². The van der Waals surface area contributed by atoms with Gasteiger partial charge in [-0.25, -0.2) is 0 Å². The van der Waals surface area contributed by atoms with Crippen LogP contribution in [0.5, 0.6) is 5.75 Å². The summed E-state index contributed by atoms with van der Waals surface area (Å²) >= 11 is 3.59. The fourth-order valence-corrected chi connectivity index (χ4v) is 2.46. The Labute approximate surface area is 123 Å². The molecule has 0 saturated carbocycles. The summed E-state index contributed by atoms with van der Waals surface area (Å²) in [5.41, 5.74) is 2.46. The lowest BCUT2D eigenvalue weighted by molar-refractivity contribution is 0.295. The van der Waals surface area contributed by atoms with E-state index in [0.29, 0.717) is 6.61 Å². The molecule has 2 aromatic rings. The van der Waals surface area contributed by atoms with E-state index in [1.165, 1.54) is 11.1 Å². The second-order valence-electron chi connectivity index (χ2n) is 5.64. The van der Waals surface area contributed by atoms with Crippen LogP contribution in [0.4, 0.5) is 0 Å². The highest BCUT2D eigenvalue weighted by atomic mass is 79.9. The van der Waals surface area contributed by atoms with Crippen LogP contribution in [0.15, 0.2) is 53.0 Å². The first kappa shape index (κ1) is 14.1. The molecule has 2 aromatic carbocycles. The molecule has 2 rings (SSSR count). The van der Waals surface area contributed by atoms with Gasteiger partial charge in [0, 0.05) is 5.56 Å². The zero-order chi connectivity index (χ0) is 13.9. The SMILES string of the molecule is CC(C)(C)c1cccc(Br)c1OCc1ccccc1. The summed E-state index contributed by atoms with van der Waals surface area (Å²) in [6.07, 6.45) is 0. The minimum absolute atomic E-state index is 0.0653. The predicted octanol–water partition coefficient (Wildman–Crippen LogP) is 5.33. The van der Waals surface area contributed by atoms with Gasteiger partial charge in [0.1, 0.15) is 12.4 Å². The quantitative estimate of drug-likeness (QED) is 0.743. The van der Waals surface area contributed by atoms with Crippen LogP contribution in [0, 0.1) is 0 Å². The number of hydrogen-bond donors (Lipinski definition) is 0. The van der Waals surface area contributed by atoms with Crippen LogP contribution in [0.2, 0.25) is 0 Å². The molecule has 0 radical (unpaired) electrons. The van der Waals surface area contributed by atoms with E-state index >= 15 is 0 Å². The van der Waals surface area contributed by atoms with Crippen molar-refractivity contribution in [2.24, 2.45) is 0 Å². The summed E-state index contributed by atoms with van der Waals surface area (Å²) in [4.78, 5) is 0. The maximum atomic E-state index is 6.03. The van der Waals surface area contributed by atoms with Crippen molar-refractivity contribution >= 4 is 15.9 Å². The van der Waals surface area contributed by atoms with E-state index in [2.05, 4.69) is 61.0 Å². The van der Waals surface area contributed by atoms with Crippen molar-refractivity contribution in [3.05, 3.63) is 64.1 Å². The standard InChI is InChI=1S/C17H19BrO/c1-17(2,3)14-10-7-11-15(18)16(14)19-12-13-8-5-4-6-9-13/h4-11H,12H2,1-3H3. The third kappa shape index (κ3) is 3.60. The summed E-state index contributed by atoms with van der Waals surface area (Å²) < 4.78 is 7.04. The first-order valence-corrected chi connectivity index (χ1v) is 7.23. The second kappa shape index (κ2) is 5.79. The van der Waals surface area contributed by atoms with E-state index in [1.54, 1.807) is 0 Å². The van der Waals surface area contributed by atoms with Gasteiger partial charge < -0.3 is 4.74 Å². The van der Waals surface area contributed by atoms with Crippen LogP contribution in [-0.4, -0.2) is 0 Å². The van der Waals surface area contributed by atoms with Crippen molar-refractivity contribution in [1.29, 1.82) is 0 Å². The van der Waals surface area contributed by atoms with Gasteiger partial charge in [0.15, 0.2) is 0 Å². The zero-order valence-corrected chi connectivity index (χ0v) is 13.2. The van der Waals surface area contributed by atoms with E-state index in [1.807, 2.05) is 24.3 Å². The highest BCUT2D eigenvalue weighted by Crippen LogP contribution is 2.37. The Hall–Kier alpha value is -1.28. The summed E-state index contributed by atoms with van der Waals surface area (Å²) in [5, 5.41) is 0. The van der Waals surface area contributed by atoms with Gasteiger partial charge in [-0.3, -0.25) is 0 Å². The molecule has 19 heavy (non-hydrogen) atoms. The largest absolute Gasteiger partial charge is 0.487 e. The highest BCUT2D eigenvalue weighted by molar-refractivity contribution is 9.10. The van der Waals surface area contributed by atoms with Crippen molar-refractivity contribution in [3.63, 3.8) is 0 Å². The van der Waals surface area contributed by atoms with Crippen LogP contribution in [0.25, 0.3) is 0 Å². The molecule has 0 aliphatic heterocycles. The average molecular weight is 319 g/mol. The van der Waals surface area contributed by atoms with E-state index in [9.17, 15) is 0 Å². The summed E-state index contributed by atoms with van der Waals surface area (Å²) in [7, 11) is 0. The molecule has 0 aliphatic rings. The summed E-state index contributed by atoms with van der Waals surface area (Å²) in [6.45, 7) is 7.19. The minimum atomic E-state index is 0.0653. The average Bonchev–Trinajstić information content (AvgIpc) is 2.37. The molecule has 0 heterocycles. The second-order valence-corrected chi connectivity index (χ2v) is 6.50. The van der Waals surface area contributed by atoms with Crippen molar-refractivity contribution in [2.75, 3.05) is 0 Å². The molecule has 0 saturated heterocycles. The Balaban J connectivity index is 2.25. The van der Waals surface area contributed by atoms with Crippen LogP contribution in [0.3, 0.4) is 0 Å². The predicted molar refractivity (Wildman–Crippen MR) is 83.6 cm³/mol. The van der Waals surface area contributed by atoms with Gasteiger partial charge in [-0.05, 0) is 33.0 Å². The number of halogens is 1. The molecule has 100 valence electrons. The molecule has 0 atom stereocenters. The Kier molecular flexibility index (Phi) is 4.31. The first-order chi connectivity index (χ1) is 8.98. The summed E-state index contributed by atoms with van der Waals surface area (Å²) in [6, 6.07) is 16.4. The number of ether oxygens (including phenoxy) is 1. The number of benzene rings is 2. The maximum Gasteiger partial charge on any atom is 0.137 e. The molecule has 2 heteroatoms. The normalized spacial score (nSPS) is 11.4. The monoisotopic (exact) mass is 318 g/mol. The number of hydrogen-bond acceptors (Lipinski definition) is 1.